The van der Waals surface area contributed by atoms with Gasteiger partial charge in [0.2, 0.25) is 4.96 Å². The van der Waals surface area contributed by atoms with Gasteiger partial charge in [-0.15, -0.1) is 5.10 Å². The zero-order chi connectivity index (χ0) is 11.3. The van der Waals surface area contributed by atoms with Crippen molar-refractivity contribution in [2.24, 2.45) is 0 Å². The van der Waals surface area contributed by atoms with Crippen LogP contribution in [0.1, 0.15) is 25.2 Å². The number of aromatic nitrogens is 3. The third-order valence-corrected chi connectivity index (χ3v) is 4.41. The van der Waals surface area contributed by atoms with Crippen LogP contribution in [0.3, 0.4) is 0 Å². The van der Waals surface area contributed by atoms with Gasteiger partial charge in [-0.2, -0.15) is 0 Å². The average molecular weight is 301 g/mol. The predicted octanol–water partition coefficient (Wildman–Crippen LogP) is 2.32. The molecular weight excluding hydrogens is 288 g/mol. The summed E-state index contributed by atoms with van der Waals surface area (Å²) in [5.74, 6) is 0. The molecule has 0 spiro atoms. The number of imidazole rings is 1. The highest BCUT2D eigenvalue weighted by Crippen LogP contribution is 2.26. The molecule has 1 aliphatic rings. The zero-order valence-electron chi connectivity index (χ0n) is 9.27. The SMILES string of the molecule is CC(C)N1CCc2nc3sc(Br)nn3c2C1. The topological polar surface area (TPSA) is 33.4 Å². The van der Waals surface area contributed by atoms with E-state index in [0.717, 1.165) is 28.4 Å². The Hall–Kier alpha value is -0.460. The van der Waals surface area contributed by atoms with Crippen LogP contribution in [-0.2, 0) is 13.0 Å². The maximum absolute atomic E-state index is 4.63. The third-order valence-electron chi connectivity index (χ3n) is 3.07. The lowest BCUT2D eigenvalue weighted by molar-refractivity contribution is 0.198. The normalized spacial score (nSPS) is 17.2. The Morgan fingerprint density at radius 2 is 2.25 bits per heavy atom. The number of rotatable bonds is 1. The molecular formula is C10H13BrN4S. The second-order valence-corrected chi connectivity index (χ2v) is 6.60. The first-order chi connectivity index (χ1) is 7.65. The minimum absolute atomic E-state index is 0.584. The van der Waals surface area contributed by atoms with E-state index in [0.29, 0.717) is 6.04 Å². The minimum atomic E-state index is 0.584. The summed E-state index contributed by atoms with van der Waals surface area (Å²) in [4.78, 5) is 8.09. The molecule has 0 amide bonds. The maximum Gasteiger partial charge on any atom is 0.213 e. The van der Waals surface area contributed by atoms with E-state index in [1.165, 1.54) is 11.4 Å². The first-order valence-corrected chi connectivity index (χ1v) is 7.03. The number of fused-ring (bicyclic) bond motifs is 3. The van der Waals surface area contributed by atoms with Gasteiger partial charge in [0.1, 0.15) is 0 Å². The van der Waals surface area contributed by atoms with Gasteiger partial charge < -0.3 is 0 Å². The number of hydrogen-bond acceptors (Lipinski definition) is 4. The average Bonchev–Trinajstić information content (AvgIpc) is 2.72. The molecule has 16 heavy (non-hydrogen) atoms. The molecule has 0 aliphatic carbocycles. The van der Waals surface area contributed by atoms with Crippen LogP contribution in [0.2, 0.25) is 0 Å². The van der Waals surface area contributed by atoms with Crippen LogP contribution in [0, 0.1) is 0 Å². The Morgan fingerprint density at radius 3 is 3.00 bits per heavy atom. The molecule has 0 N–H and O–H groups in total. The van der Waals surface area contributed by atoms with E-state index in [4.69, 9.17) is 0 Å². The Kier molecular flexibility index (Phi) is 2.53. The summed E-state index contributed by atoms with van der Waals surface area (Å²) in [5, 5.41) is 4.44. The van der Waals surface area contributed by atoms with Gasteiger partial charge in [0, 0.05) is 25.6 Å². The number of halogens is 1. The van der Waals surface area contributed by atoms with E-state index >= 15 is 0 Å². The van der Waals surface area contributed by atoms with Crippen molar-refractivity contribution in [3.8, 4) is 0 Å². The lowest BCUT2D eigenvalue weighted by Gasteiger charge is -2.29. The number of nitrogens with zero attached hydrogens (tertiary/aromatic N) is 4. The second kappa shape index (κ2) is 3.78. The van der Waals surface area contributed by atoms with Crippen LogP contribution in [0.5, 0.6) is 0 Å². The molecule has 86 valence electrons. The van der Waals surface area contributed by atoms with Crippen LogP contribution in [-0.4, -0.2) is 32.1 Å². The van der Waals surface area contributed by atoms with Crippen LogP contribution in [0.15, 0.2) is 3.92 Å². The lowest BCUT2D eigenvalue weighted by Crippen LogP contribution is -2.36. The van der Waals surface area contributed by atoms with Crippen molar-refractivity contribution < 1.29 is 0 Å². The van der Waals surface area contributed by atoms with Crippen molar-refractivity contribution in [1.29, 1.82) is 0 Å². The molecule has 4 nitrogen and oxygen atoms in total. The monoisotopic (exact) mass is 300 g/mol. The van der Waals surface area contributed by atoms with E-state index in [-0.39, 0.29) is 0 Å². The summed E-state index contributed by atoms with van der Waals surface area (Å²) in [6, 6.07) is 0.584. The molecule has 3 rings (SSSR count). The Balaban J connectivity index is 2.06. The molecule has 1 aliphatic heterocycles. The third kappa shape index (κ3) is 1.59. The van der Waals surface area contributed by atoms with E-state index in [1.807, 2.05) is 4.52 Å². The standard InChI is InChI=1S/C10H13BrN4S/c1-6(2)14-4-3-7-8(5-14)15-10(12-7)16-9(11)13-15/h6H,3-5H2,1-2H3. The molecule has 0 atom stereocenters. The Morgan fingerprint density at radius 1 is 1.44 bits per heavy atom. The second-order valence-electron chi connectivity index (χ2n) is 4.37. The molecule has 0 aromatic carbocycles. The zero-order valence-corrected chi connectivity index (χ0v) is 11.7. The van der Waals surface area contributed by atoms with Gasteiger partial charge in [-0.1, -0.05) is 11.3 Å². The molecule has 2 aromatic heterocycles. The van der Waals surface area contributed by atoms with E-state index in [1.54, 1.807) is 11.3 Å². The fourth-order valence-electron chi connectivity index (χ4n) is 2.13. The molecule has 0 bridgehead atoms. The smallest absolute Gasteiger partial charge is 0.213 e. The van der Waals surface area contributed by atoms with Crippen LogP contribution in [0.25, 0.3) is 4.96 Å². The number of hydrogen-bond donors (Lipinski definition) is 0. The van der Waals surface area contributed by atoms with Crippen molar-refractivity contribution in [1.82, 2.24) is 19.5 Å². The fourth-order valence-corrected chi connectivity index (χ4v) is 3.39. The molecule has 3 heterocycles. The van der Waals surface area contributed by atoms with Crippen LogP contribution in [0.4, 0.5) is 0 Å². The van der Waals surface area contributed by atoms with Gasteiger partial charge in [-0.25, -0.2) is 9.50 Å². The van der Waals surface area contributed by atoms with E-state index in [2.05, 4.69) is 44.8 Å². The Bertz CT molecular complexity index is 530. The van der Waals surface area contributed by atoms with Crippen molar-refractivity contribution in [3.63, 3.8) is 0 Å². The van der Waals surface area contributed by atoms with Crippen LogP contribution >= 0.6 is 27.3 Å². The first-order valence-electron chi connectivity index (χ1n) is 5.42. The summed E-state index contributed by atoms with van der Waals surface area (Å²) in [6.07, 6.45) is 1.04. The quantitative estimate of drug-likeness (QED) is 0.810. The van der Waals surface area contributed by atoms with E-state index in [9.17, 15) is 0 Å². The van der Waals surface area contributed by atoms with Gasteiger partial charge in [-0.05, 0) is 29.8 Å². The van der Waals surface area contributed by atoms with E-state index < -0.39 is 0 Å². The largest absolute Gasteiger partial charge is 0.295 e. The Labute approximate surface area is 106 Å². The van der Waals surface area contributed by atoms with Gasteiger partial charge in [0.05, 0.1) is 11.4 Å². The molecule has 2 aromatic rings. The molecule has 0 unspecified atom stereocenters. The molecule has 0 saturated heterocycles. The summed E-state index contributed by atoms with van der Waals surface area (Å²) < 4.78 is 2.89. The highest BCUT2D eigenvalue weighted by atomic mass is 79.9. The highest BCUT2D eigenvalue weighted by molar-refractivity contribution is 9.11. The molecule has 0 radical (unpaired) electrons. The summed E-state index contributed by atoms with van der Waals surface area (Å²) >= 11 is 5.00. The summed E-state index contributed by atoms with van der Waals surface area (Å²) in [6.45, 7) is 6.54. The van der Waals surface area contributed by atoms with Crippen molar-refractivity contribution >= 4 is 32.2 Å². The van der Waals surface area contributed by atoms with Crippen LogP contribution < -0.4 is 0 Å². The maximum atomic E-state index is 4.63. The van der Waals surface area contributed by atoms with Crippen molar-refractivity contribution in [3.05, 3.63) is 15.3 Å². The van der Waals surface area contributed by atoms with Gasteiger partial charge in [0.15, 0.2) is 3.92 Å². The van der Waals surface area contributed by atoms with Crippen molar-refractivity contribution in [2.45, 2.75) is 32.9 Å². The highest BCUT2D eigenvalue weighted by Gasteiger charge is 2.24. The minimum Gasteiger partial charge on any atom is -0.295 e. The summed E-state index contributed by atoms with van der Waals surface area (Å²) in [5.41, 5.74) is 2.49. The lowest BCUT2D eigenvalue weighted by atomic mass is 10.1. The van der Waals surface area contributed by atoms with Gasteiger partial charge in [-0.3, -0.25) is 4.90 Å². The predicted molar refractivity (Wildman–Crippen MR) is 67.8 cm³/mol. The van der Waals surface area contributed by atoms with Crippen molar-refractivity contribution in [2.75, 3.05) is 6.54 Å². The van der Waals surface area contributed by atoms with Gasteiger partial charge >= 0.3 is 0 Å². The fraction of sp³-hybridized carbons (Fsp3) is 0.600. The molecule has 6 heteroatoms. The first kappa shape index (κ1) is 10.7. The molecule has 0 saturated carbocycles. The molecule has 0 fully saturated rings. The summed E-state index contributed by atoms with van der Waals surface area (Å²) in [7, 11) is 0. The van der Waals surface area contributed by atoms with Gasteiger partial charge in [0.25, 0.3) is 0 Å².